The molecule has 4 aromatic rings. The number of aromatic hydroxyl groups is 1. The highest BCUT2D eigenvalue weighted by Crippen LogP contribution is 2.42. The third-order valence-corrected chi connectivity index (χ3v) is 8.44. The quantitative estimate of drug-likeness (QED) is 0.364. The van der Waals surface area contributed by atoms with Gasteiger partial charge in [0, 0.05) is 66.3 Å². The molecule has 0 atom stereocenters. The van der Waals surface area contributed by atoms with Gasteiger partial charge in [0.1, 0.15) is 0 Å². The van der Waals surface area contributed by atoms with Crippen molar-refractivity contribution in [1.29, 1.82) is 0 Å². The molecular formula is C30H28Cl3N3O4. The van der Waals surface area contributed by atoms with Crippen molar-refractivity contribution >= 4 is 39.7 Å². The third kappa shape index (κ3) is 4.75. The normalized spacial score (nSPS) is 15.9. The van der Waals surface area contributed by atoms with E-state index in [1.54, 1.807) is 13.2 Å². The molecule has 0 spiro atoms. The lowest BCUT2D eigenvalue weighted by atomic mass is 9.94. The molecule has 0 bridgehead atoms. The number of rotatable bonds is 4. The number of hydrogen-bond acceptors (Lipinski definition) is 6. The molecule has 3 aliphatic rings. The minimum absolute atomic E-state index is 0. The average Bonchev–Trinajstić information content (AvgIpc) is 3.40. The van der Waals surface area contributed by atoms with Gasteiger partial charge in [-0.05, 0) is 47.5 Å². The van der Waals surface area contributed by atoms with Gasteiger partial charge in [-0.3, -0.25) is 4.90 Å². The van der Waals surface area contributed by atoms with Crippen LogP contribution >= 0.6 is 23.2 Å². The van der Waals surface area contributed by atoms with Gasteiger partial charge in [0.2, 0.25) is 12.5 Å². The van der Waals surface area contributed by atoms with Gasteiger partial charge in [-0.1, -0.05) is 23.2 Å². The molecule has 1 aromatic heterocycles. The molecule has 7 nitrogen and oxygen atoms in total. The largest absolute Gasteiger partial charge is 1.00 e. The van der Waals surface area contributed by atoms with Crippen LogP contribution in [0, 0.1) is 0 Å². The smallest absolute Gasteiger partial charge is 0.231 e. The summed E-state index contributed by atoms with van der Waals surface area (Å²) in [6, 6.07) is 14.0. The maximum absolute atomic E-state index is 11.1. The molecule has 4 heterocycles. The molecule has 1 N–H and O–H groups in total. The van der Waals surface area contributed by atoms with Gasteiger partial charge in [0.05, 0.1) is 18.1 Å². The van der Waals surface area contributed by atoms with Crippen molar-refractivity contribution in [2.45, 2.75) is 19.5 Å². The number of benzene rings is 3. The van der Waals surface area contributed by atoms with Crippen LogP contribution in [-0.4, -0.2) is 50.1 Å². The molecule has 40 heavy (non-hydrogen) atoms. The zero-order valence-electron chi connectivity index (χ0n) is 21.9. The van der Waals surface area contributed by atoms with Crippen LogP contribution in [0.2, 0.25) is 10.0 Å². The van der Waals surface area contributed by atoms with E-state index in [0.717, 1.165) is 90.5 Å². The Hall–Kier alpha value is -3.10. The zero-order chi connectivity index (χ0) is 26.7. The summed E-state index contributed by atoms with van der Waals surface area (Å²) < 4.78 is 19.1. The first-order chi connectivity index (χ1) is 19.0. The average molecular weight is 601 g/mol. The molecule has 0 amide bonds. The second kappa shape index (κ2) is 10.7. The Balaban J connectivity index is 0.00000289. The summed E-state index contributed by atoms with van der Waals surface area (Å²) in [6.07, 6.45) is 2.94. The maximum atomic E-state index is 11.1. The van der Waals surface area contributed by atoms with Gasteiger partial charge in [0.15, 0.2) is 35.7 Å². The molecule has 0 unspecified atom stereocenters. The number of aromatic nitrogens is 1. The Bertz CT molecular complexity index is 1600. The number of phenols is 1. The monoisotopic (exact) mass is 599 g/mol. The number of fused-ring (bicyclic) bond motifs is 5. The lowest BCUT2D eigenvalue weighted by molar-refractivity contribution is -0.686. The standard InChI is InChI=1S/C30H27Cl2N3O4.ClH/c1-37-29-9-19(15-33-4-6-34(7-5-33)22-11-20(31)10-21(32)12-22)23-13-26-24-14-28-27(38-17-39-28)8-18(24)2-3-35(26)16-25(23)30(29)36;/h8-14,16H,2-7,15,17H2,1H3;1H. The fraction of sp³-hybridized carbons (Fsp3) is 0.300. The van der Waals surface area contributed by atoms with Crippen LogP contribution in [0.1, 0.15) is 11.1 Å². The Morgan fingerprint density at radius 3 is 2.38 bits per heavy atom. The number of nitrogens with zero attached hydrogens (tertiary/aromatic N) is 3. The van der Waals surface area contributed by atoms with E-state index in [-0.39, 0.29) is 24.9 Å². The van der Waals surface area contributed by atoms with Crippen LogP contribution in [0.3, 0.4) is 0 Å². The van der Waals surface area contributed by atoms with E-state index >= 15 is 0 Å². The van der Waals surface area contributed by atoms with E-state index in [9.17, 15) is 5.11 Å². The molecule has 10 heteroatoms. The van der Waals surface area contributed by atoms with Crippen molar-refractivity contribution in [3.05, 3.63) is 69.8 Å². The van der Waals surface area contributed by atoms with Crippen molar-refractivity contribution in [3.8, 4) is 34.3 Å². The van der Waals surface area contributed by atoms with Gasteiger partial charge in [-0.25, -0.2) is 0 Å². The van der Waals surface area contributed by atoms with E-state index in [1.165, 1.54) is 5.56 Å². The highest BCUT2D eigenvalue weighted by Gasteiger charge is 2.30. The minimum Gasteiger partial charge on any atom is -1.00 e. The van der Waals surface area contributed by atoms with Gasteiger partial charge in [-0.15, -0.1) is 0 Å². The third-order valence-electron chi connectivity index (χ3n) is 8.00. The Morgan fingerprint density at radius 2 is 1.65 bits per heavy atom. The molecule has 1 fully saturated rings. The summed E-state index contributed by atoms with van der Waals surface area (Å²) in [7, 11) is 1.60. The number of hydrogen-bond donors (Lipinski definition) is 1. The fourth-order valence-corrected chi connectivity index (χ4v) is 6.50. The Labute approximate surface area is 248 Å². The predicted octanol–water partition coefficient (Wildman–Crippen LogP) is 2.43. The van der Waals surface area contributed by atoms with E-state index in [4.69, 9.17) is 37.4 Å². The zero-order valence-corrected chi connectivity index (χ0v) is 24.2. The van der Waals surface area contributed by atoms with Crippen LogP contribution in [0.15, 0.2) is 48.7 Å². The van der Waals surface area contributed by atoms with Crippen LogP contribution < -0.4 is 36.1 Å². The molecule has 3 aliphatic heterocycles. The second-order valence-corrected chi connectivity index (χ2v) is 11.1. The summed E-state index contributed by atoms with van der Waals surface area (Å²) in [5, 5.41) is 14.2. The summed E-state index contributed by atoms with van der Waals surface area (Å²) in [5.41, 5.74) is 5.66. The lowest BCUT2D eigenvalue weighted by Crippen LogP contribution is -3.00. The van der Waals surface area contributed by atoms with Crippen molar-refractivity contribution in [2.75, 3.05) is 45.0 Å². The lowest BCUT2D eigenvalue weighted by Gasteiger charge is -2.36. The number of anilines is 1. The number of ether oxygens (including phenoxy) is 3. The number of piperazine rings is 1. The molecule has 7 rings (SSSR count). The predicted molar refractivity (Wildman–Crippen MR) is 152 cm³/mol. The fourth-order valence-electron chi connectivity index (χ4n) is 5.98. The summed E-state index contributed by atoms with van der Waals surface area (Å²) >= 11 is 12.5. The summed E-state index contributed by atoms with van der Waals surface area (Å²) in [4.78, 5) is 4.75. The topological polar surface area (TPSA) is 58.3 Å². The highest BCUT2D eigenvalue weighted by atomic mass is 35.5. The van der Waals surface area contributed by atoms with Crippen LogP contribution in [0.5, 0.6) is 23.0 Å². The first kappa shape index (κ1) is 27.1. The van der Waals surface area contributed by atoms with Gasteiger partial charge in [-0.2, -0.15) is 4.57 Å². The van der Waals surface area contributed by atoms with Gasteiger partial charge in [0.25, 0.3) is 0 Å². The van der Waals surface area contributed by atoms with Crippen molar-refractivity contribution < 1.29 is 36.3 Å². The first-order valence-electron chi connectivity index (χ1n) is 13.1. The van der Waals surface area contributed by atoms with Crippen LogP contribution in [-0.2, 0) is 19.5 Å². The molecule has 0 radical (unpaired) electrons. The first-order valence-corrected chi connectivity index (χ1v) is 13.8. The van der Waals surface area contributed by atoms with E-state index < -0.39 is 0 Å². The number of pyridine rings is 1. The summed E-state index contributed by atoms with van der Waals surface area (Å²) in [5.74, 6) is 2.25. The SMILES string of the molecule is COc1cc(CN2CCN(c3cc(Cl)cc(Cl)c3)CC2)c2cc3[n+](cc2c1O)CCc1cc2c(cc1-3)OCO2.[Cl-]. The molecule has 208 valence electrons. The molecule has 0 saturated carbocycles. The summed E-state index contributed by atoms with van der Waals surface area (Å²) in [6.45, 7) is 5.34. The highest BCUT2D eigenvalue weighted by molar-refractivity contribution is 6.35. The van der Waals surface area contributed by atoms with Crippen molar-refractivity contribution in [1.82, 2.24) is 4.90 Å². The molecule has 3 aromatic carbocycles. The number of halogens is 3. The Kier molecular flexibility index (Phi) is 7.25. The molecule has 0 aliphatic carbocycles. The molecular weight excluding hydrogens is 573 g/mol. The van der Waals surface area contributed by atoms with Crippen molar-refractivity contribution in [2.24, 2.45) is 0 Å². The second-order valence-electron chi connectivity index (χ2n) is 10.3. The van der Waals surface area contributed by atoms with E-state index in [0.29, 0.717) is 15.8 Å². The number of phenolic OH excluding ortho intramolecular Hbond substituents is 1. The maximum Gasteiger partial charge on any atom is 0.231 e. The number of methoxy groups -OCH3 is 1. The van der Waals surface area contributed by atoms with Crippen molar-refractivity contribution in [3.63, 3.8) is 0 Å². The van der Waals surface area contributed by atoms with Crippen LogP contribution in [0.25, 0.3) is 22.0 Å². The van der Waals surface area contributed by atoms with Gasteiger partial charge >= 0.3 is 0 Å². The Morgan fingerprint density at radius 1 is 0.925 bits per heavy atom. The molecule has 1 saturated heterocycles. The number of aryl methyl sites for hydroxylation is 2. The van der Waals surface area contributed by atoms with E-state index in [1.807, 2.05) is 18.2 Å². The van der Waals surface area contributed by atoms with Crippen LogP contribution in [0.4, 0.5) is 5.69 Å². The van der Waals surface area contributed by atoms with E-state index in [2.05, 4.69) is 38.8 Å². The minimum atomic E-state index is 0. The van der Waals surface area contributed by atoms with Gasteiger partial charge < -0.3 is 36.6 Å².